The Morgan fingerprint density at radius 2 is 1.46 bits per heavy atom. The third kappa shape index (κ3) is 7.26. The van der Waals surface area contributed by atoms with Crippen LogP contribution in [0, 0.1) is 0 Å². The Morgan fingerprint density at radius 3 is 2.17 bits per heavy atom. The summed E-state index contributed by atoms with van der Waals surface area (Å²) in [5.74, 6) is 3.62. The van der Waals surface area contributed by atoms with Gasteiger partial charge in [0, 0.05) is 18.7 Å². The van der Waals surface area contributed by atoms with Crippen molar-refractivity contribution in [3.63, 3.8) is 0 Å². The molecule has 0 aliphatic carbocycles. The third-order valence-electron chi connectivity index (χ3n) is 6.25. The number of aromatic nitrogens is 3. The van der Waals surface area contributed by atoms with Crippen LogP contribution in [0.5, 0.6) is 23.0 Å². The number of nitrogens with one attached hydrogen (secondary N) is 1. The molecule has 0 radical (unpaired) electrons. The van der Waals surface area contributed by atoms with E-state index in [9.17, 15) is 4.79 Å². The number of nitrogens with zero attached hydrogens (tertiary/aromatic N) is 3. The van der Waals surface area contributed by atoms with Crippen LogP contribution in [0.15, 0.2) is 108 Å². The van der Waals surface area contributed by atoms with Gasteiger partial charge in [-0.15, -0.1) is 10.2 Å². The molecule has 0 fully saturated rings. The minimum atomic E-state index is -0.0820. The first-order valence-electron chi connectivity index (χ1n) is 13.0. The van der Waals surface area contributed by atoms with Gasteiger partial charge >= 0.3 is 0 Å². The van der Waals surface area contributed by atoms with E-state index in [2.05, 4.69) is 15.5 Å². The summed E-state index contributed by atoms with van der Waals surface area (Å²) in [6, 6.07) is 33.0. The number of rotatable bonds is 12. The van der Waals surface area contributed by atoms with Crippen molar-refractivity contribution < 1.29 is 19.0 Å². The summed E-state index contributed by atoms with van der Waals surface area (Å²) in [5, 5.41) is 12.5. The summed E-state index contributed by atoms with van der Waals surface area (Å²) in [6.07, 6.45) is 0.496. The molecule has 0 atom stereocenters. The molecular weight excluding hydrogens is 536 g/mol. The highest BCUT2D eigenvalue weighted by Gasteiger charge is 2.18. The average molecular weight is 567 g/mol. The Kier molecular flexibility index (Phi) is 9.18. The first-order valence-corrected chi connectivity index (χ1v) is 14.0. The molecule has 0 saturated heterocycles. The van der Waals surface area contributed by atoms with Crippen LogP contribution in [-0.4, -0.2) is 40.6 Å². The lowest BCUT2D eigenvalue weighted by Gasteiger charge is -2.13. The Bertz CT molecular complexity index is 1580. The van der Waals surface area contributed by atoms with Crippen molar-refractivity contribution >= 4 is 17.7 Å². The van der Waals surface area contributed by atoms with Crippen LogP contribution in [0.4, 0.5) is 0 Å². The van der Waals surface area contributed by atoms with Gasteiger partial charge in [0.25, 0.3) is 0 Å². The van der Waals surface area contributed by atoms with Crippen LogP contribution < -0.4 is 19.5 Å². The summed E-state index contributed by atoms with van der Waals surface area (Å²) in [6.45, 7) is 0.473. The third-order valence-corrected chi connectivity index (χ3v) is 7.18. The number of carbonyl (C=O) groups is 1. The van der Waals surface area contributed by atoms with Crippen LogP contribution in [0.1, 0.15) is 17.0 Å². The number of ether oxygens (including phenoxy) is 3. The number of hydrogen-bond donors (Lipinski definition) is 1. The normalized spacial score (nSPS) is 10.7. The number of hydrogen-bond acceptors (Lipinski definition) is 7. The Morgan fingerprint density at radius 1 is 0.780 bits per heavy atom. The molecule has 5 aromatic rings. The van der Waals surface area contributed by atoms with Gasteiger partial charge < -0.3 is 19.5 Å². The van der Waals surface area contributed by atoms with Crippen LogP contribution in [0.3, 0.4) is 0 Å². The maximum Gasteiger partial charge on any atom is 0.230 e. The van der Waals surface area contributed by atoms with Crippen LogP contribution in [0.2, 0.25) is 0 Å². The lowest BCUT2D eigenvalue weighted by Crippen LogP contribution is -2.24. The second-order valence-electron chi connectivity index (χ2n) is 9.06. The van der Waals surface area contributed by atoms with E-state index in [0.717, 1.165) is 28.4 Å². The van der Waals surface area contributed by atoms with Crippen molar-refractivity contribution in [2.45, 2.75) is 18.1 Å². The monoisotopic (exact) mass is 566 g/mol. The molecule has 4 aromatic carbocycles. The first-order chi connectivity index (χ1) is 20.1. The number of methoxy groups -OCH3 is 2. The van der Waals surface area contributed by atoms with E-state index in [1.807, 2.05) is 108 Å². The maximum atomic E-state index is 12.7. The highest BCUT2D eigenvalue weighted by atomic mass is 32.2. The average Bonchev–Trinajstić information content (AvgIpc) is 3.42. The predicted octanol–water partition coefficient (Wildman–Crippen LogP) is 6.08. The Labute approximate surface area is 243 Å². The molecule has 5 rings (SSSR count). The van der Waals surface area contributed by atoms with Gasteiger partial charge in [-0.3, -0.25) is 9.36 Å². The lowest BCUT2D eigenvalue weighted by atomic mass is 10.1. The van der Waals surface area contributed by atoms with Gasteiger partial charge in [-0.2, -0.15) is 0 Å². The van der Waals surface area contributed by atoms with E-state index in [0.29, 0.717) is 35.4 Å². The summed E-state index contributed by atoms with van der Waals surface area (Å²) in [5.41, 5.74) is 2.89. The van der Waals surface area contributed by atoms with Crippen molar-refractivity contribution in [3.8, 4) is 28.7 Å². The maximum absolute atomic E-state index is 12.7. The van der Waals surface area contributed by atoms with E-state index < -0.39 is 0 Å². The zero-order chi connectivity index (χ0) is 28.4. The first kappa shape index (κ1) is 27.8. The fraction of sp³-hybridized carbons (Fsp3) is 0.156. The number of benzene rings is 4. The summed E-state index contributed by atoms with van der Waals surface area (Å²) in [7, 11) is 3.22. The van der Waals surface area contributed by atoms with Gasteiger partial charge in [-0.05, 0) is 59.7 Å². The topological polar surface area (TPSA) is 87.5 Å². The minimum Gasteiger partial charge on any atom is -0.493 e. The standard InChI is InChI=1S/C32H30N4O4S/c1-38-28-18-13-24(19-29(28)39-2)20-30-34-35-32(41-22-31(37)33-21-23-9-5-3-6-10-23)36(30)25-14-16-27(17-15-25)40-26-11-7-4-8-12-26/h3-19H,20-22H2,1-2H3,(H,33,37). The molecule has 0 aliphatic rings. The second kappa shape index (κ2) is 13.5. The smallest absolute Gasteiger partial charge is 0.230 e. The van der Waals surface area contributed by atoms with Crippen molar-refractivity contribution in [3.05, 3.63) is 120 Å². The molecule has 8 nitrogen and oxygen atoms in total. The molecule has 9 heteroatoms. The summed E-state index contributed by atoms with van der Waals surface area (Å²) >= 11 is 1.34. The largest absolute Gasteiger partial charge is 0.493 e. The molecule has 1 amide bonds. The summed E-state index contributed by atoms with van der Waals surface area (Å²) < 4.78 is 18.8. The molecule has 1 heterocycles. The molecule has 0 saturated carbocycles. The number of carbonyl (C=O) groups excluding carboxylic acids is 1. The van der Waals surface area contributed by atoms with Crippen molar-refractivity contribution in [1.82, 2.24) is 20.1 Å². The van der Waals surface area contributed by atoms with Gasteiger partial charge in [0.1, 0.15) is 17.3 Å². The van der Waals surface area contributed by atoms with E-state index in [-0.39, 0.29) is 11.7 Å². The fourth-order valence-corrected chi connectivity index (χ4v) is 5.01. The number of para-hydroxylation sites is 1. The Hall–Kier alpha value is -4.76. The van der Waals surface area contributed by atoms with Crippen molar-refractivity contribution in [2.75, 3.05) is 20.0 Å². The van der Waals surface area contributed by atoms with Gasteiger partial charge in [0.2, 0.25) is 5.91 Å². The SMILES string of the molecule is COc1ccc(Cc2nnc(SCC(=O)NCc3ccccc3)n2-c2ccc(Oc3ccccc3)cc2)cc1OC. The second-order valence-corrected chi connectivity index (χ2v) is 10.0. The Balaban J connectivity index is 1.37. The molecule has 0 spiro atoms. The number of amides is 1. The lowest BCUT2D eigenvalue weighted by molar-refractivity contribution is -0.118. The molecule has 0 unspecified atom stereocenters. The van der Waals surface area contributed by atoms with E-state index in [1.54, 1.807) is 14.2 Å². The van der Waals surface area contributed by atoms with Gasteiger partial charge in [-0.1, -0.05) is 66.4 Å². The van der Waals surface area contributed by atoms with Crippen LogP contribution >= 0.6 is 11.8 Å². The van der Waals surface area contributed by atoms with Gasteiger partial charge in [0.05, 0.1) is 20.0 Å². The zero-order valence-electron chi connectivity index (χ0n) is 22.8. The highest BCUT2D eigenvalue weighted by molar-refractivity contribution is 7.99. The molecule has 0 aliphatic heterocycles. The van der Waals surface area contributed by atoms with Gasteiger partial charge in [0.15, 0.2) is 16.7 Å². The van der Waals surface area contributed by atoms with Crippen LogP contribution in [0.25, 0.3) is 5.69 Å². The zero-order valence-corrected chi connectivity index (χ0v) is 23.6. The van der Waals surface area contributed by atoms with E-state index in [4.69, 9.17) is 14.2 Å². The molecule has 1 aromatic heterocycles. The van der Waals surface area contributed by atoms with Crippen LogP contribution in [-0.2, 0) is 17.8 Å². The minimum absolute atomic E-state index is 0.0820. The van der Waals surface area contributed by atoms with Crippen molar-refractivity contribution in [1.29, 1.82) is 0 Å². The van der Waals surface area contributed by atoms with E-state index in [1.165, 1.54) is 11.8 Å². The fourth-order valence-electron chi connectivity index (χ4n) is 4.21. The predicted molar refractivity (Wildman–Crippen MR) is 159 cm³/mol. The molecule has 1 N–H and O–H groups in total. The molecule has 41 heavy (non-hydrogen) atoms. The molecule has 0 bridgehead atoms. The molecular formula is C32H30N4O4S. The quantitative estimate of drug-likeness (QED) is 0.183. The van der Waals surface area contributed by atoms with Gasteiger partial charge in [-0.25, -0.2) is 0 Å². The van der Waals surface area contributed by atoms with Crippen molar-refractivity contribution in [2.24, 2.45) is 0 Å². The van der Waals surface area contributed by atoms with E-state index >= 15 is 0 Å². The summed E-state index contributed by atoms with van der Waals surface area (Å²) in [4.78, 5) is 12.7. The molecule has 208 valence electrons. The number of thioether (sulfide) groups is 1. The highest BCUT2D eigenvalue weighted by Crippen LogP contribution is 2.30.